The summed E-state index contributed by atoms with van der Waals surface area (Å²) in [5, 5.41) is 6.38. The SMILES string of the molecule is Cc1c(S(=O)(=O)NC2CCN(CCCc3noc4cc(F)ccc34)C2)sc2ccc(Cl)cc12. The van der Waals surface area contributed by atoms with Gasteiger partial charge in [0.15, 0.2) is 5.58 Å². The number of halogens is 2. The number of nitrogens with zero attached hydrogens (tertiary/aromatic N) is 2. The van der Waals surface area contributed by atoms with E-state index in [-0.39, 0.29) is 11.9 Å². The maximum Gasteiger partial charge on any atom is 0.250 e. The van der Waals surface area contributed by atoms with Crippen LogP contribution in [0.25, 0.3) is 21.1 Å². The normalized spacial score (nSPS) is 17.5. The molecule has 1 atom stereocenters. The smallest absolute Gasteiger partial charge is 0.250 e. The van der Waals surface area contributed by atoms with E-state index in [1.165, 1.54) is 23.5 Å². The Hall–Kier alpha value is -2.04. The second kappa shape index (κ2) is 8.96. The van der Waals surface area contributed by atoms with Crippen molar-refractivity contribution in [1.29, 1.82) is 0 Å². The van der Waals surface area contributed by atoms with Crippen LogP contribution >= 0.6 is 22.9 Å². The number of nitrogens with one attached hydrogen (secondary N) is 1. The monoisotopic (exact) mass is 507 g/mol. The topological polar surface area (TPSA) is 75.4 Å². The lowest BCUT2D eigenvalue weighted by atomic mass is 10.1. The number of rotatable bonds is 7. The van der Waals surface area contributed by atoms with Gasteiger partial charge in [-0.25, -0.2) is 17.5 Å². The van der Waals surface area contributed by atoms with Crippen molar-refractivity contribution < 1.29 is 17.3 Å². The van der Waals surface area contributed by atoms with Crippen LogP contribution in [0, 0.1) is 12.7 Å². The molecule has 1 aliphatic rings. The number of hydrogen-bond donors (Lipinski definition) is 1. The van der Waals surface area contributed by atoms with Crippen molar-refractivity contribution in [3.05, 3.63) is 58.5 Å². The van der Waals surface area contributed by atoms with Crippen LogP contribution in [-0.2, 0) is 16.4 Å². The van der Waals surface area contributed by atoms with E-state index in [1.54, 1.807) is 12.1 Å². The van der Waals surface area contributed by atoms with E-state index >= 15 is 0 Å². The van der Waals surface area contributed by atoms with E-state index in [1.807, 2.05) is 19.1 Å². The highest BCUT2D eigenvalue weighted by atomic mass is 35.5. The summed E-state index contributed by atoms with van der Waals surface area (Å²) in [4.78, 5) is 2.26. The van der Waals surface area contributed by atoms with Crippen molar-refractivity contribution in [3.63, 3.8) is 0 Å². The Labute approximate surface area is 200 Å². The van der Waals surface area contributed by atoms with E-state index < -0.39 is 10.0 Å². The van der Waals surface area contributed by atoms with Gasteiger partial charge in [0.2, 0.25) is 0 Å². The van der Waals surface area contributed by atoms with E-state index in [9.17, 15) is 12.8 Å². The molecule has 0 aliphatic carbocycles. The molecule has 1 saturated heterocycles. The Morgan fingerprint density at radius 3 is 2.97 bits per heavy atom. The molecule has 4 aromatic rings. The molecule has 0 spiro atoms. The highest BCUT2D eigenvalue weighted by Gasteiger charge is 2.29. The van der Waals surface area contributed by atoms with Crippen LogP contribution in [0.15, 0.2) is 45.1 Å². The van der Waals surface area contributed by atoms with E-state index in [0.29, 0.717) is 21.4 Å². The summed E-state index contributed by atoms with van der Waals surface area (Å²) in [5.74, 6) is -0.342. The van der Waals surface area contributed by atoms with Crippen LogP contribution in [0.4, 0.5) is 4.39 Å². The quantitative estimate of drug-likeness (QED) is 0.375. The molecule has 33 heavy (non-hydrogen) atoms. The van der Waals surface area contributed by atoms with Gasteiger partial charge in [0, 0.05) is 33.8 Å². The first-order valence-corrected chi connectivity index (χ1v) is 13.4. The molecule has 6 nitrogen and oxygen atoms in total. The molecule has 2 aromatic heterocycles. The Morgan fingerprint density at radius 2 is 2.12 bits per heavy atom. The molecule has 0 radical (unpaired) electrons. The van der Waals surface area contributed by atoms with Crippen LogP contribution in [0.5, 0.6) is 0 Å². The number of aromatic nitrogens is 1. The fourth-order valence-corrected chi connectivity index (χ4v) is 7.64. The number of aryl methyl sites for hydroxylation is 2. The minimum absolute atomic E-state index is 0.126. The largest absolute Gasteiger partial charge is 0.356 e. The van der Waals surface area contributed by atoms with Crippen LogP contribution in [0.1, 0.15) is 24.1 Å². The van der Waals surface area contributed by atoms with E-state index in [4.69, 9.17) is 16.1 Å². The van der Waals surface area contributed by atoms with E-state index in [0.717, 1.165) is 59.1 Å². The molecule has 5 rings (SSSR count). The van der Waals surface area contributed by atoms with Gasteiger partial charge in [-0.05, 0) is 80.6 Å². The van der Waals surface area contributed by atoms with Gasteiger partial charge >= 0.3 is 0 Å². The standard InChI is InChI=1S/C23H23ClFN3O3S2/c1-14-19-11-15(24)4-7-22(19)32-23(14)33(29,30)27-17-8-10-28(13-17)9-2-3-20-18-6-5-16(25)12-21(18)31-26-20/h4-7,11-12,17,27H,2-3,8-10,13H2,1H3. The average Bonchev–Trinajstić information content (AvgIpc) is 3.46. The average molecular weight is 508 g/mol. The Bertz CT molecular complexity index is 1430. The highest BCUT2D eigenvalue weighted by Crippen LogP contribution is 2.35. The van der Waals surface area contributed by atoms with Crippen LogP contribution in [-0.4, -0.2) is 44.2 Å². The molecule has 0 bridgehead atoms. The fourth-order valence-electron chi connectivity index (χ4n) is 4.45. The predicted molar refractivity (Wildman–Crippen MR) is 129 cm³/mol. The van der Waals surface area contributed by atoms with E-state index in [2.05, 4.69) is 14.8 Å². The predicted octanol–water partition coefficient (Wildman–Crippen LogP) is 5.13. The number of fused-ring (bicyclic) bond motifs is 2. The van der Waals surface area contributed by atoms with Crippen molar-refractivity contribution in [2.24, 2.45) is 0 Å². The molecule has 0 amide bonds. The summed E-state index contributed by atoms with van der Waals surface area (Å²) < 4.78 is 48.9. The maximum atomic E-state index is 13.3. The molecule has 0 saturated carbocycles. The van der Waals surface area contributed by atoms with Gasteiger partial charge in [0.05, 0.1) is 5.69 Å². The van der Waals surface area contributed by atoms with Crippen LogP contribution in [0.2, 0.25) is 5.02 Å². The first-order chi connectivity index (χ1) is 15.8. The second-order valence-corrected chi connectivity index (χ2v) is 11.8. The van der Waals surface area contributed by atoms with Crippen molar-refractivity contribution >= 4 is 54.0 Å². The van der Waals surface area contributed by atoms with Crippen molar-refractivity contribution in [1.82, 2.24) is 14.8 Å². The molecule has 10 heteroatoms. The zero-order valence-corrected chi connectivity index (χ0v) is 20.4. The van der Waals surface area contributed by atoms with Gasteiger partial charge in [0.1, 0.15) is 10.0 Å². The van der Waals surface area contributed by atoms with Crippen molar-refractivity contribution in [3.8, 4) is 0 Å². The zero-order valence-electron chi connectivity index (χ0n) is 18.0. The molecule has 1 aliphatic heterocycles. The number of sulfonamides is 1. The Balaban J connectivity index is 1.18. The number of thiophene rings is 1. The molecule has 2 aromatic carbocycles. The Kier molecular flexibility index (Phi) is 6.17. The van der Waals surface area contributed by atoms with Gasteiger partial charge in [-0.3, -0.25) is 0 Å². The van der Waals surface area contributed by atoms with Gasteiger partial charge < -0.3 is 9.42 Å². The van der Waals surface area contributed by atoms with Crippen LogP contribution in [0.3, 0.4) is 0 Å². The molecular formula is C23H23ClFN3O3S2. The van der Waals surface area contributed by atoms with Gasteiger partial charge in [0.25, 0.3) is 10.0 Å². The summed E-state index contributed by atoms with van der Waals surface area (Å²) >= 11 is 7.36. The molecule has 1 fully saturated rings. The first-order valence-electron chi connectivity index (χ1n) is 10.8. The number of benzene rings is 2. The summed E-state index contributed by atoms with van der Waals surface area (Å²) in [5.41, 5.74) is 2.01. The van der Waals surface area contributed by atoms with Gasteiger partial charge in [-0.2, -0.15) is 0 Å². The van der Waals surface area contributed by atoms with Gasteiger partial charge in [-0.15, -0.1) is 11.3 Å². The lowest BCUT2D eigenvalue weighted by molar-refractivity contribution is 0.326. The van der Waals surface area contributed by atoms with Crippen molar-refractivity contribution in [2.45, 2.75) is 36.4 Å². The molecular weight excluding hydrogens is 485 g/mol. The lowest BCUT2D eigenvalue weighted by Gasteiger charge is -2.16. The summed E-state index contributed by atoms with van der Waals surface area (Å²) in [6.45, 7) is 4.15. The molecule has 1 unspecified atom stereocenters. The third kappa shape index (κ3) is 4.65. The lowest BCUT2D eigenvalue weighted by Crippen LogP contribution is -2.37. The number of likely N-dealkylation sites (tertiary alicyclic amines) is 1. The number of hydrogen-bond acceptors (Lipinski definition) is 6. The molecule has 3 heterocycles. The molecule has 174 valence electrons. The van der Waals surface area contributed by atoms with Crippen molar-refractivity contribution in [2.75, 3.05) is 19.6 Å². The van der Waals surface area contributed by atoms with Crippen LogP contribution < -0.4 is 4.72 Å². The second-order valence-electron chi connectivity index (χ2n) is 8.44. The van der Waals surface area contributed by atoms with Gasteiger partial charge in [-0.1, -0.05) is 16.8 Å². The third-order valence-electron chi connectivity index (χ3n) is 6.09. The minimum atomic E-state index is -3.61. The minimum Gasteiger partial charge on any atom is -0.356 e. The molecule has 1 N–H and O–H groups in total. The fraction of sp³-hybridized carbons (Fsp3) is 0.348. The first kappa shape index (κ1) is 22.7. The maximum absolute atomic E-state index is 13.3. The highest BCUT2D eigenvalue weighted by molar-refractivity contribution is 7.91. The zero-order chi connectivity index (χ0) is 23.2. The third-order valence-corrected chi connectivity index (χ3v) is 9.74. The summed E-state index contributed by atoms with van der Waals surface area (Å²) in [6.07, 6.45) is 2.34. The summed E-state index contributed by atoms with van der Waals surface area (Å²) in [6, 6.07) is 9.77. The summed E-state index contributed by atoms with van der Waals surface area (Å²) in [7, 11) is -3.61. The Morgan fingerprint density at radius 1 is 1.27 bits per heavy atom.